The van der Waals surface area contributed by atoms with Crippen molar-refractivity contribution in [2.75, 3.05) is 11.6 Å². The summed E-state index contributed by atoms with van der Waals surface area (Å²) >= 11 is 1.67. The average molecular weight is 271 g/mol. The van der Waals surface area contributed by atoms with Crippen molar-refractivity contribution in [3.63, 3.8) is 0 Å². The molecule has 2 aromatic rings. The van der Waals surface area contributed by atoms with Crippen molar-refractivity contribution in [1.29, 1.82) is 0 Å². The first-order valence-corrected chi connectivity index (χ1v) is 7.34. The Morgan fingerprint density at radius 3 is 2.11 bits per heavy atom. The topological polar surface area (TPSA) is 29.1 Å². The first kappa shape index (κ1) is 13.7. The Bertz CT molecular complexity index is 570. The van der Waals surface area contributed by atoms with Gasteiger partial charge in [-0.3, -0.25) is 4.79 Å². The maximum Gasteiger partial charge on any atom is 0.255 e. The summed E-state index contributed by atoms with van der Waals surface area (Å²) in [6, 6.07) is 13.7. The lowest BCUT2D eigenvalue weighted by atomic mass is 10.1. The fraction of sp³-hybridized carbons (Fsp3) is 0.188. The van der Waals surface area contributed by atoms with Crippen LogP contribution in [0, 0.1) is 13.8 Å². The van der Waals surface area contributed by atoms with Gasteiger partial charge in [0.25, 0.3) is 5.91 Å². The molecule has 0 aliphatic carbocycles. The maximum atomic E-state index is 12.1. The highest BCUT2D eigenvalue weighted by Gasteiger charge is 2.06. The third-order valence-corrected chi connectivity index (χ3v) is 3.58. The van der Waals surface area contributed by atoms with Gasteiger partial charge >= 0.3 is 0 Å². The molecule has 0 fully saturated rings. The van der Waals surface area contributed by atoms with E-state index in [0.717, 1.165) is 21.7 Å². The second-order valence-electron chi connectivity index (χ2n) is 4.56. The van der Waals surface area contributed by atoms with Crippen LogP contribution in [-0.4, -0.2) is 12.2 Å². The van der Waals surface area contributed by atoms with Crippen molar-refractivity contribution in [3.05, 3.63) is 59.2 Å². The van der Waals surface area contributed by atoms with Gasteiger partial charge in [0.1, 0.15) is 0 Å². The number of carbonyl (C=O) groups excluding carboxylic acids is 1. The molecule has 0 saturated carbocycles. The van der Waals surface area contributed by atoms with Crippen LogP contribution >= 0.6 is 11.8 Å². The normalized spacial score (nSPS) is 10.3. The van der Waals surface area contributed by atoms with E-state index in [2.05, 4.69) is 11.4 Å². The first-order valence-electron chi connectivity index (χ1n) is 6.12. The molecule has 0 saturated heterocycles. The number of hydrogen-bond acceptors (Lipinski definition) is 2. The van der Waals surface area contributed by atoms with Crippen LogP contribution in [0.1, 0.15) is 21.5 Å². The molecule has 0 heterocycles. The molecule has 0 bridgehead atoms. The largest absolute Gasteiger partial charge is 0.322 e. The Kier molecular flexibility index (Phi) is 4.27. The quantitative estimate of drug-likeness (QED) is 0.844. The highest BCUT2D eigenvalue weighted by Crippen LogP contribution is 2.17. The van der Waals surface area contributed by atoms with Crippen LogP contribution < -0.4 is 5.32 Å². The number of carbonyl (C=O) groups is 1. The molecule has 98 valence electrons. The van der Waals surface area contributed by atoms with Gasteiger partial charge in [0.2, 0.25) is 0 Å². The highest BCUT2D eigenvalue weighted by atomic mass is 32.2. The summed E-state index contributed by atoms with van der Waals surface area (Å²) in [6.45, 7) is 4.05. The van der Waals surface area contributed by atoms with Crippen LogP contribution in [0.5, 0.6) is 0 Å². The molecule has 3 heteroatoms. The van der Waals surface area contributed by atoms with E-state index in [9.17, 15) is 4.79 Å². The van der Waals surface area contributed by atoms with Crippen LogP contribution in [0.3, 0.4) is 0 Å². The number of amides is 1. The molecule has 0 aromatic heterocycles. The van der Waals surface area contributed by atoms with E-state index in [4.69, 9.17) is 0 Å². The number of benzene rings is 2. The zero-order chi connectivity index (χ0) is 13.8. The van der Waals surface area contributed by atoms with E-state index in [1.807, 2.05) is 56.5 Å². The number of nitrogens with one attached hydrogen (secondary N) is 1. The third kappa shape index (κ3) is 3.61. The lowest BCUT2D eigenvalue weighted by molar-refractivity contribution is 0.102. The van der Waals surface area contributed by atoms with E-state index in [0.29, 0.717) is 5.56 Å². The maximum absolute atomic E-state index is 12.1. The Morgan fingerprint density at radius 2 is 1.58 bits per heavy atom. The van der Waals surface area contributed by atoms with Crippen molar-refractivity contribution in [3.8, 4) is 0 Å². The minimum atomic E-state index is -0.0716. The summed E-state index contributed by atoms with van der Waals surface area (Å²) in [5, 5.41) is 2.93. The molecule has 0 aliphatic rings. The molecule has 1 amide bonds. The summed E-state index contributed by atoms with van der Waals surface area (Å²) in [5.74, 6) is -0.0716. The molecule has 0 unspecified atom stereocenters. The van der Waals surface area contributed by atoms with E-state index >= 15 is 0 Å². The van der Waals surface area contributed by atoms with Gasteiger partial charge < -0.3 is 5.32 Å². The Labute approximate surface area is 118 Å². The molecular weight excluding hydrogens is 254 g/mol. The van der Waals surface area contributed by atoms with Gasteiger partial charge in [-0.1, -0.05) is 6.07 Å². The minimum Gasteiger partial charge on any atom is -0.322 e. The fourth-order valence-electron chi connectivity index (χ4n) is 1.99. The highest BCUT2D eigenvalue weighted by molar-refractivity contribution is 7.98. The van der Waals surface area contributed by atoms with Crippen LogP contribution in [0.4, 0.5) is 5.69 Å². The summed E-state index contributed by atoms with van der Waals surface area (Å²) in [5.41, 5.74) is 3.81. The molecule has 0 atom stereocenters. The predicted molar refractivity (Wildman–Crippen MR) is 82.1 cm³/mol. The summed E-state index contributed by atoms with van der Waals surface area (Å²) in [6.07, 6.45) is 2.02. The molecule has 2 rings (SSSR count). The van der Waals surface area contributed by atoms with E-state index in [1.165, 1.54) is 0 Å². The zero-order valence-electron chi connectivity index (χ0n) is 11.4. The van der Waals surface area contributed by atoms with Gasteiger partial charge in [0, 0.05) is 16.1 Å². The van der Waals surface area contributed by atoms with Crippen LogP contribution in [0.2, 0.25) is 0 Å². The average Bonchev–Trinajstić information content (AvgIpc) is 2.37. The number of anilines is 1. The van der Waals surface area contributed by atoms with Crippen LogP contribution in [-0.2, 0) is 0 Å². The van der Waals surface area contributed by atoms with E-state index in [1.54, 1.807) is 11.8 Å². The Balaban J connectivity index is 2.15. The summed E-state index contributed by atoms with van der Waals surface area (Å²) < 4.78 is 0. The van der Waals surface area contributed by atoms with E-state index < -0.39 is 0 Å². The first-order chi connectivity index (χ1) is 9.08. The SMILES string of the molecule is CSc1ccc(C(=O)Nc2cc(C)cc(C)c2)cc1. The van der Waals surface area contributed by atoms with Crippen LogP contribution in [0.25, 0.3) is 0 Å². The van der Waals surface area contributed by atoms with E-state index in [-0.39, 0.29) is 5.91 Å². The van der Waals surface area contributed by atoms with Gasteiger partial charge in [0.15, 0.2) is 0 Å². The molecule has 2 aromatic carbocycles. The van der Waals surface area contributed by atoms with Crippen molar-refractivity contribution in [1.82, 2.24) is 0 Å². The second kappa shape index (κ2) is 5.93. The monoisotopic (exact) mass is 271 g/mol. The van der Waals surface area contributed by atoms with Crippen LogP contribution in [0.15, 0.2) is 47.4 Å². The summed E-state index contributed by atoms with van der Waals surface area (Å²) in [7, 11) is 0. The van der Waals surface area contributed by atoms with Gasteiger partial charge in [-0.15, -0.1) is 11.8 Å². The number of thioether (sulfide) groups is 1. The molecule has 0 spiro atoms. The van der Waals surface area contributed by atoms with Gasteiger partial charge in [-0.2, -0.15) is 0 Å². The Morgan fingerprint density at radius 1 is 1.00 bits per heavy atom. The van der Waals surface area contributed by atoms with Crippen molar-refractivity contribution in [2.45, 2.75) is 18.7 Å². The zero-order valence-corrected chi connectivity index (χ0v) is 12.2. The van der Waals surface area contributed by atoms with Gasteiger partial charge in [-0.25, -0.2) is 0 Å². The minimum absolute atomic E-state index is 0.0716. The summed E-state index contributed by atoms with van der Waals surface area (Å²) in [4.78, 5) is 13.3. The molecular formula is C16H17NOS. The molecule has 1 N–H and O–H groups in total. The third-order valence-electron chi connectivity index (χ3n) is 2.83. The standard InChI is InChI=1S/C16H17NOS/c1-11-8-12(2)10-14(9-11)17-16(18)13-4-6-15(19-3)7-5-13/h4-10H,1-3H3,(H,17,18). The molecule has 19 heavy (non-hydrogen) atoms. The number of rotatable bonds is 3. The molecule has 2 nitrogen and oxygen atoms in total. The Hall–Kier alpha value is -1.74. The number of hydrogen-bond donors (Lipinski definition) is 1. The molecule has 0 radical (unpaired) electrons. The second-order valence-corrected chi connectivity index (χ2v) is 5.44. The smallest absolute Gasteiger partial charge is 0.255 e. The predicted octanol–water partition coefficient (Wildman–Crippen LogP) is 4.28. The lowest BCUT2D eigenvalue weighted by Crippen LogP contribution is -2.11. The lowest BCUT2D eigenvalue weighted by Gasteiger charge is -2.08. The fourth-order valence-corrected chi connectivity index (χ4v) is 2.40. The van der Waals surface area contributed by atoms with Gasteiger partial charge in [-0.05, 0) is 67.6 Å². The van der Waals surface area contributed by atoms with Crippen molar-refractivity contribution in [2.24, 2.45) is 0 Å². The number of aryl methyl sites for hydroxylation is 2. The van der Waals surface area contributed by atoms with Gasteiger partial charge in [0.05, 0.1) is 0 Å². The molecule has 0 aliphatic heterocycles. The van der Waals surface area contributed by atoms with Crippen molar-refractivity contribution < 1.29 is 4.79 Å². The van der Waals surface area contributed by atoms with Crippen molar-refractivity contribution >= 4 is 23.4 Å².